The maximum absolute atomic E-state index is 5.84. The molecule has 0 amide bonds. The van der Waals surface area contributed by atoms with Crippen molar-refractivity contribution in [3.05, 3.63) is 18.0 Å². The van der Waals surface area contributed by atoms with Gasteiger partial charge < -0.3 is 15.4 Å². The lowest BCUT2D eigenvalue weighted by Crippen LogP contribution is -2.59. The van der Waals surface area contributed by atoms with Gasteiger partial charge in [0.2, 0.25) is 0 Å². The fourth-order valence-electron chi connectivity index (χ4n) is 3.05. The molecule has 0 spiro atoms. The van der Waals surface area contributed by atoms with Crippen LogP contribution in [0.25, 0.3) is 0 Å². The third-order valence-corrected chi connectivity index (χ3v) is 4.55. The Kier molecular flexibility index (Phi) is 6.23. The maximum Gasteiger partial charge on any atom is 0.191 e. The number of aromatic nitrogens is 2. The molecule has 7 nitrogen and oxygen atoms in total. The molecule has 136 valence electrons. The number of aliphatic imine (C=N–C) groups is 1. The zero-order chi connectivity index (χ0) is 17.7. The topological polar surface area (TPSA) is 66.7 Å². The van der Waals surface area contributed by atoms with E-state index in [1.807, 2.05) is 17.8 Å². The van der Waals surface area contributed by atoms with E-state index in [1.165, 1.54) is 0 Å². The van der Waals surface area contributed by atoms with E-state index in [4.69, 9.17) is 4.74 Å². The highest BCUT2D eigenvalue weighted by Crippen LogP contribution is 2.20. The van der Waals surface area contributed by atoms with Crippen molar-refractivity contribution in [3.63, 3.8) is 0 Å². The van der Waals surface area contributed by atoms with Gasteiger partial charge in [0.25, 0.3) is 0 Å². The van der Waals surface area contributed by atoms with E-state index < -0.39 is 0 Å². The molecular weight excluding hydrogens is 304 g/mol. The molecule has 0 bridgehead atoms. The Bertz CT molecular complexity index is 543. The van der Waals surface area contributed by atoms with E-state index in [-0.39, 0.29) is 17.7 Å². The van der Waals surface area contributed by atoms with Crippen LogP contribution in [0, 0.1) is 0 Å². The van der Waals surface area contributed by atoms with Gasteiger partial charge in [0.15, 0.2) is 5.96 Å². The number of ether oxygens (including phenoxy) is 1. The van der Waals surface area contributed by atoms with Crippen molar-refractivity contribution in [2.45, 2.75) is 52.0 Å². The summed E-state index contributed by atoms with van der Waals surface area (Å²) in [5.41, 5.74) is 1.14. The molecule has 1 aromatic heterocycles. The molecule has 2 atom stereocenters. The van der Waals surface area contributed by atoms with Gasteiger partial charge in [-0.1, -0.05) is 0 Å². The first kappa shape index (κ1) is 18.7. The third kappa shape index (κ3) is 4.95. The normalized spacial score (nSPS) is 23.3. The summed E-state index contributed by atoms with van der Waals surface area (Å²) in [5.74, 6) is 0.804. The minimum atomic E-state index is 0.0243. The van der Waals surface area contributed by atoms with E-state index >= 15 is 0 Å². The minimum absolute atomic E-state index is 0.0243. The SMILES string of the molecule is CN=C(NCc1ccnn1C)NCC(C)(C)N1CC(C)OC(C)C1. The lowest BCUT2D eigenvalue weighted by atomic mass is 10.00. The molecule has 2 N–H and O–H groups in total. The number of nitrogens with one attached hydrogen (secondary N) is 2. The summed E-state index contributed by atoms with van der Waals surface area (Å²) in [6.45, 7) is 12.2. The Balaban J connectivity index is 1.86. The zero-order valence-corrected chi connectivity index (χ0v) is 15.8. The molecule has 0 aliphatic carbocycles. The molecule has 1 saturated heterocycles. The number of hydrogen-bond donors (Lipinski definition) is 2. The molecule has 0 aromatic carbocycles. The van der Waals surface area contributed by atoms with Crippen molar-refractivity contribution in [1.29, 1.82) is 0 Å². The number of rotatable bonds is 5. The molecule has 0 radical (unpaired) electrons. The standard InChI is InChI=1S/C17H32N6O/c1-13-10-23(11-14(2)24-13)17(3,4)12-20-16(18-5)19-9-15-7-8-21-22(15)6/h7-8,13-14H,9-12H2,1-6H3,(H2,18,19,20). The fourth-order valence-corrected chi connectivity index (χ4v) is 3.05. The first-order valence-corrected chi connectivity index (χ1v) is 8.63. The summed E-state index contributed by atoms with van der Waals surface area (Å²) in [5, 5.41) is 11.0. The molecule has 2 unspecified atom stereocenters. The molecule has 1 fully saturated rings. The predicted octanol–water partition coefficient (Wildman–Crippen LogP) is 0.973. The van der Waals surface area contributed by atoms with E-state index in [0.29, 0.717) is 6.54 Å². The van der Waals surface area contributed by atoms with Crippen LogP contribution in [-0.4, -0.2) is 65.1 Å². The molecule has 2 rings (SSSR count). The monoisotopic (exact) mass is 336 g/mol. The lowest BCUT2D eigenvalue weighted by Gasteiger charge is -2.45. The van der Waals surface area contributed by atoms with Crippen LogP contribution in [0.1, 0.15) is 33.4 Å². The summed E-state index contributed by atoms with van der Waals surface area (Å²) < 4.78 is 7.70. The largest absolute Gasteiger partial charge is 0.373 e. The van der Waals surface area contributed by atoms with Crippen LogP contribution >= 0.6 is 0 Å². The van der Waals surface area contributed by atoms with Gasteiger partial charge in [0.1, 0.15) is 0 Å². The van der Waals surface area contributed by atoms with Crippen molar-refractivity contribution in [2.24, 2.45) is 12.0 Å². The summed E-state index contributed by atoms with van der Waals surface area (Å²) >= 11 is 0. The lowest BCUT2D eigenvalue weighted by molar-refractivity contribution is -0.0946. The Hall–Kier alpha value is -1.60. The molecule has 2 heterocycles. The van der Waals surface area contributed by atoms with Gasteiger partial charge in [0, 0.05) is 45.5 Å². The Morgan fingerprint density at radius 3 is 2.54 bits per heavy atom. The molecule has 24 heavy (non-hydrogen) atoms. The van der Waals surface area contributed by atoms with Crippen molar-refractivity contribution in [2.75, 3.05) is 26.7 Å². The van der Waals surface area contributed by atoms with Gasteiger partial charge in [0.05, 0.1) is 24.4 Å². The number of aryl methyl sites for hydroxylation is 1. The predicted molar refractivity (Wildman–Crippen MR) is 97.1 cm³/mol. The van der Waals surface area contributed by atoms with Gasteiger partial charge in [-0.2, -0.15) is 5.10 Å². The highest BCUT2D eigenvalue weighted by molar-refractivity contribution is 5.79. The second-order valence-corrected chi connectivity index (χ2v) is 7.20. The minimum Gasteiger partial charge on any atom is -0.373 e. The van der Waals surface area contributed by atoms with Crippen LogP contribution in [0.4, 0.5) is 0 Å². The highest BCUT2D eigenvalue weighted by Gasteiger charge is 2.33. The maximum atomic E-state index is 5.84. The average Bonchev–Trinajstić information content (AvgIpc) is 2.92. The molecule has 1 aliphatic rings. The molecule has 1 aromatic rings. The van der Waals surface area contributed by atoms with Crippen molar-refractivity contribution < 1.29 is 4.74 Å². The van der Waals surface area contributed by atoms with Gasteiger partial charge in [-0.05, 0) is 33.8 Å². The molecule has 1 aliphatic heterocycles. The second kappa shape index (κ2) is 7.98. The van der Waals surface area contributed by atoms with E-state index in [2.05, 4.69) is 53.3 Å². The summed E-state index contributed by atoms with van der Waals surface area (Å²) in [6, 6.07) is 2.00. The Morgan fingerprint density at radius 1 is 1.33 bits per heavy atom. The van der Waals surface area contributed by atoms with Crippen LogP contribution < -0.4 is 10.6 Å². The van der Waals surface area contributed by atoms with E-state index in [1.54, 1.807) is 13.2 Å². The number of guanidine groups is 1. The van der Waals surface area contributed by atoms with Crippen LogP contribution in [0.15, 0.2) is 17.3 Å². The van der Waals surface area contributed by atoms with Crippen LogP contribution in [0.2, 0.25) is 0 Å². The third-order valence-electron chi connectivity index (χ3n) is 4.55. The van der Waals surface area contributed by atoms with Crippen molar-refractivity contribution in [1.82, 2.24) is 25.3 Å². The van der Waals surface area contributed by atoms with Gasteiger partial charge in [-0.15, -0.1) is 0 Å². The van der Waals surface area contributed by atoms with Crippen molar-refractivity contribution >= 4 is 5.96 Å². The second-order valence-electron chi connectivity index (χ2n) is 7.20. The molecular formula is C17H32N6O. The summed E-state index contributed by atoms with van der Waals surface area (Å²) in [6.07, 6.45) is 2.35. The van der Waals surface area contributed by atoms with Crippen LogP contribution in [0.3, 0.4) is 0 Å². The van der Waals surface area contributed by atoms with Gasteiger partial charge >= 0.3 is 0 Å². The van der Waals surface area contributed by atoms with E-state index in [9.17, 15) is 0 Å². The Labute approximate surface area is 145 Å². The fraction of sp³-hybridized carbons (Fsp3) is 0.765. The summed E-state index contributed by atoms with van der Waals surface area (Å²) in [4.78, 5) is 6.81. The van der Waals surface area contributed by atoms with Crippen LogP contribution in [0.5, 0.6) is 0 Å². The molecule has 0 saturated carbocycles. The number of nitrogens with zero attached hydrogens (tertiary/aromatic N) is 4. The number of hydrogen-bond acceptors (Lipinski definition) is 4. The van der Waals surface area contributed by atoms with Crippen molar-refractivity contribution in [3.8, 4) is 0 Å². The van der Waals surface area contributed by atoms with E-state index in [0.717, 1.165) is 31.3 Å². The smallest absolute Gasteiger partial charge is 0.191 e. The zero-order valence-electron chi connectivity index (χ0n) is 15.8. The van der Waals surface area contributed by atoms with Gasteiger partial charge in [-0.3, -0.25) is 14.6 Å². The van der Waals surface area contributed by atoms with Gasteiger partial charge in [-0.25, -0.2) is 0 Å². The summed E-state index contributed by atoms with van der Waals surface area (Å²) in [7, 11) is 3.74. The first-order chi connectivity index (χ1) is 11.3. The first-order valence-electron chi connectivity index (χ1n) is 8.63. The van der Waals surface area contributed by atoms with Crippen LogP contribution in [-0.2, 0) is 18.3 Å². The molecule has 7 heteroatoms. The Morgan fingerprint density at radius 2 is 2.00 bits per heavy atom. The highest BCUT2D eigenvalue weighted by atomic mass is 16.5. The average molecular weight is 336 g/mol. The number of morpholine rings is 1. The quantitative estimate of drug-likeness (QED) is 0.620.